The van der Waals surface area contributed by atoms with E-state index in [-0.39, 0.29) is 0 Å². The molecule has 2 N–H and O–H groups in total. The molecular formula is C14H14N4OS. The quantitative estimate of drug-likeness (QED) is 0.800. The van der Waals surface area contributed by atoms with Crippen molar-refractivity contribution in [1.82, 2.24) is 15.0 Å². The van der Waals surface area contributed by atoms with E-state index in [1.54, 1.807) is 16.0 Å². The Hall–Kier alpha value is -2.34. The second-order valence-electron chi connectivity index (χ2n) is 4.14. The highest BCUT2D eigenvalue weighted by Crippen LogP contribution is 2.29. The predicted molar refractivity (Wildman–Crippen MR) is 80.3 cm³/mol. The molecule has 2 aromatic heterocycles. The van der Waals surface area contributed by atoms with E-state index in [0.29, 0.717) is 18.1 Å². The largest absolute Gasteiger partial charge is 0.494 e. The molecule has 5 nitrogen and oxygen atoms in total. The summed E-state index contributed by atoms with van der Waals surface area (Å²) in [4.78, 5) is 1.01. The summed E-state index contributed by atoms with van der Waals surface area (Å²) in [6, 6.07) is 11.6. The Bertz CT molecular complexity index is 689. The van der Waals surface area contributed by atoms with Crippen LogP contribution in [0.3, 0.4) is 0 Å². The van der Waals surface area contributed by atoms with E-state index in [1.165, 1.54) is 0 Å². The molecule has 0 saturated heterocycles. The second-order valence-corrected chi connectivity index (χ2v) is 5.09. The van der Waals surface area contributed by atoms with Crippen molar-refractivity contribution in [3.63, 3.8) is 0 Å². The van der Waals surface area contributed by atoms with Crippen LogP contribution in [0.4, 0.5) is 5.82 Å². The molecule has 0 atom stereocenters. The maximum atomic E-state index is 6.14. The Balaban J connectivity index is 1.95. The summed E-state index contributed by atoms with van der Waals surface area (Å²) in [6.45, 7) is 2.60. The van der Waals surface area contributed by atoms with E-state index in [4.69, 9.17) is 10.5 Å². The summed E-state index contributed by atoms with van der Waals surface area (Å²) < 4.78 is 7.05. The van der Waals surface area contributed by atoms with Gasteiger partial charge < -0.3 is 10.5 Å². The number of nitrogen functional groups attached to an aromatic ring is 1. The highest BCUT2D eigenvalue weighted by molar-refractivity contribution is 7.13. The maximum Gasteiger partial charge on any atom is 0.156 e. The zero-order chi connectivity index (χ0) is 13.9. The normalized spacial score (nSPS) is 10.7. The number of nitrogens with two attached hydrogens (primary N) is 1. The molecule has 3 aromatic rings. The topological polar surface area (TPSA) is 66.0 Å². The number of aromatic nitrogens is 3. The molecule has 0 bridgehead atoms. The first kappa shape index (κ1) is 12.7. The molecule has 0 aliphatic heterocycles. The van der Waals surface area contributed by atoms with E-state index >= 15 is 0 Å². The predicted octanol–water partition coefficient (Wildman–Crippen LogP) is 2.98. The molecule has 0 unspecified atom stereocenters. The fourth-order valence-corrected chi connectivity index (χ4v) is 2.64. The fraction of sp³-hybridized carbons (Fsp3) is 0.143. The summed E-state index contributed by atoms with van der Waals surface area (Å²) in [5.41, 5.74) is 7.72. The van der Waals surface area contributed by atoms with Crippen LogP contribution >= 0.6 is 11.3 Å². The van der Waals surface area contributed by atoms with Crippen LogP contribution in [-0.2, 0) is 0 Å². The van der Waals surface area contributed by atoms with Gasteiger partial charge in [0.15, 0.2) is 5.82 Å². The van der Waals surface area contributed by atoms with Gasteiger partial charge in [0.25, 0.3) is 0 Å². The minimum Gasteiger partial charge on any atom is -0.494 e. The molecule has 20 heavy (non-hydrogen) atoms. The molecule has 0 radical (unpaired) electrons. The van der Waals surface area contributed by atoms with Gasteiger partial charge in [0.05, 0.1) is 17.2 Å². The molecule has 0 fully saturated rings. The SMILES string of the molecule is CCOc1ccc(-n2nnc(-c3cccs3)c2N)cc1. The highest BCUT2D eigenvalue weighted by atomic mass is 32.1. The Morgan fingerprint density at radius 2 is 2.05 bits per heavy atom. The zero-order valence-electron chi connectivity index (χ0n) is 11.0. The lowest BCUT2D eigenvalue weighted by atomic mass is 10.3. The monoisotopic (exact) mass is 286 g/mol. The highest BCUT2D eigenvalue weighted by Gasteiger charge is 2.13. The number of rotatable bonds is 4. The van der Waals surface area contributed by atoms with Gasteiger partial charge in [-0.25, -0.2) is 0 Å². The molecule has 3 rings (SSSR count). The molecule has 0 aliphatic carbocycles. The molecule has 6 heteroatoms. The van der Waals surface area contributed by atoms with Crippen LogP contribution in [0, 0.1) is 0 Å². The molecule has 1 aromatic carbocycles. The van der Waals surface area contributed by atoms with Gasteiger partial charge >= 0.3 is 0 Å². The van der Waals surface area contributed by atoms with Gasteiger partial charge in [-0.15, -0.1) is 16.4 Å². The third kappa shape index (κ3) is 2.25. The molecule has 2 heterocycles. The summed E-state index contributed by atoms with van der Waals surface area (Å²) in [5.74, 6) is 1.37. The second kappa shape index (κ2) is 5.34. The number of anilines is 1. The first-order valence-corrected chi connectivity index (χ1v) is 7.16. The smallest absolute Gasteiger partial charge is 0.156 e. The fourth-order valence-electron chi connectivity index (χ4n) is 1.92. The van der Waals surface area contributed by atoms with Gasteiger partial charge in [0, 0.05) is 0 Å². The Kier molecular flexibility index (Phi) is 3.39. The minimum atomic E-state index is 0.539. The summed E-state index contributed by atoms with van der Waals surface area (Å²) in [6.07, 6.45) is 0. The van der Waals surface area contributed by atoms with Crippen molar-refractivity contribution in [2.24, 2.45) is 0 Å². The third-order valence-corrected chi connectivity index (χ3v) is 3.73. The number of hydrogen-bond acceptors (Lipinski definition) is 5. The van der Waals surface area contributed by atoms with Crippen molar-refractivity contribution in [3.05, 3.63) is 41.8 Å². The molecule has 0 aliphatic rings. The lowest BCUT2D eigenvalue weighted by Crippen LogP contribution is -2.02. The van der Waals surface area contributed by atoms with Gasteiger partial charge in [-0.1, -0.05) is 11.3 Å². The van der Waals surface area contributed by atoms with E-state index in [0.717, 1.165) is 16.3 Å². The van der Waals surface area contributed by atoms with Crippen LogP contribution in [0.15, 0.2) is 41.8 Å². The van der Waals surface area contributed by atoms with E-state index in [1.807, 2.05) is 48.7 Å². The van der Waals surface area contributed by atoms with Crippen molar-refractivity contribution in [2.45, 2.75) is 6.92 Å². The van der Waals surface area contributed by atoms with E-state index < -0.39 is 0 Å². The van der Waals surface area contributed by atoms with Gasteiger partial charge in [-0.3, -0.25) is 0 Å². The van der Waals surface area contributed by atoms with Gasteiger partial charge in [-0.2, -0.15) is 4.68 Å². The van der Waals surface area contributed by atoms with Crippen molar-refractivity contribution >= 4 is 17.2 Å². The Morgan fingerprint density at radius 1 is 1.25 bits per heavy atom. The van der Waals surface area contributed by atoms with Crippen LogP contribution in [0.1, 0.15) is 6.92 Å². The van der Waals surface area contributed by atoms with Crippen molar-refractivity contribution in [3.8, 4) is 22.0 Å². The lowest BCUT2D eigenvalue weighted by Gasteiger charge is -2.05. The summed E-state index contributed by atoms with van der Waals surface area (Å²) in [5, 5.41) is 10.3. The number of nitrogens with zero attached hydrogens (tertiary/aromatic N) is 3. The average Bonchev–Trinajstić information content (AvgIpc) is 3.09. The van der Waals surface area contributed by atoms with Crippen LogP contribution in [0.25, 0.3) is 16.3 Å². The lowest BCUT2D eigenvalue weighted by molar-refractivity contribution is 0.340. The number of hydrogen-bond donors (Lipinski definition) is 1. The average molecular weight is 286 g/mol. The van der Waals surface area contributed by atoms with Gasteiger partial charge in [0.2, 0.25) is 0 Å². The molecule has 0 amide bonds. The Morgan fingerprint density at radius 3 is 2.70 bits per heavy atom. The number of ether oxygens (including phenoxy) is 1. The first-order valence-electron chi connectivity index (χ1n) is 6.28. The van der Waals surface area contributed by atoms with E-state index in [2.05, 4.69) is 10.3 Å². The van der Waals surface area contributed by atoms with Gasteiger partial charge in [-0.05, 0) is 42.6 Å². The van der Waals surface area contributed by atoms with Gasteiger partial charge in [0.1, 0.15) is 11.4 Å². The third-order valence-electron chi connectivity index (χ3n) is 2.85. The van der Waals surface area contributed by atoms with Crippen molar-refractivity contribution in [2.75, 3.05) is 12.3 Å². The molecule has 0 spiro atoms. The van der Waals surface area contributed by atoms with Crippen LogP contribution in [0.5, 0.6) is 5.75 Å². The molecule has 102 valence electrons. The number of benzene rings is 1. The number of thiophene rings is 1. The molecule has 0 saturated carbocycles. The van der Waals surface area contributed by atoms with Crippen molar-refractivity contribution in [1.29, 1.82) is 0 Å². The van der Waals surface area contributed by atoms with E-state index in [9.17, 15) is 0 Å². The standard InChI is InChI=1S/C14H14N4OS/c1-2-19-11-7-5-10(6-8-11)18-14(15)13(16-17-18)12-4-3-9-20-12/h3-9H,2,15H2,1H3. The minimum absolute atomic E-state index is 0.539. The zero-order valence-corrected chi connectivity index (χ0v) is 11.8. The molecular weight excluding hydrogens is 272 g/mol. The van der Waals surface area contributed by atoms with Crippen LogP contribution in [0.2, 0.25) is 0 Å². The summed E-state index contributed by atoms with van der Waals surface area (Å²) in [7, 11) is 0. The van der Waals surface area contributed by atoms with Crippen LogP contribution in [-0.4, -0.2) is 21.6 Å². The van der Waals surface area contributed by atoms with Crippen molar-refractivity contribution < 1.29 is 4.74 Å². The Labute approximate surface area is 120 Å². The summed E-state index contributed by atoms with van der Waals surface area (Å²) >= 11 is 1.59. The van der Waals surface area contributed by atoms with Crippen LogP contribution < -0.4 is 10.5 Å². The maximum absolute atomic E-state index is 6.14. The first-order chi connectivity index (χ1) is 9.79.